The van der Waals surface area contributed by atoms with Crippen molar-refractivity contribution in [3.8, 4) is 0 Å². The van der Waals surface area contributed by atoms with E-state index in [1.165, 1.54) is 20.4 Å². The number of nitrogens with one attached hydrogen (secondary N) is 2. The fourth-order valence-electron chi connectivity index (χ4n) is 0.0903. The zero-order valence-electron chi connectivity index (χ0n) is 4.38. The number of nitrogens with two attached hydrogens (primary N) is 2. The molecule has 0 aliphatic carbocycles. The zero-order valence-corrected chi connectivity index (χ0v) is 7.73. The van der Waals surface area contributed by atoms with Gasteiger partial charge in [0.2, 0.25) is 0 Å². The van der Waals surface area contributed by atoms with Crippen LogP contribution in [0, 0.1) is 10.8 Å². The molecule has 0 aromatic rings. The quantitative estimate of drug-likeness (QED) is 0.298. The first kappa shape index (κ1) is 9.16. The molecular formula is C2H6N4S2Se. The van der Waals surface area contributed by atoms with E-state index in [0.29, 0.717) is 0 Å². The molecule has 0 bridgehead atoms. The molecule has 4 nitrogen and oxygen atoms in total. The summed E-state index contributed by atoms with van der Waals surface area (Å²) in [6.45, 7) is 0. The Morgan fingerprint density at radius 2 is 1.44 bits per heavy atom. The molecule has 0 radical (unpaired) electrons. The first-order valence-corrected chi connectivity index (χ1v) is 7.50. The fourth-order valence-corrected chi connectivity index (χ4v) is 4.22. The van der Waals surface area contributed by atoms with Crippen molar-refractivity contribution >= 4 is 43.4 Å². The number of hydrogen-bond donors (Lipinski definition) is 4. The van der Waals surface area contributed by atoms with E-state index in [1.807, 2.05) is 0 Å². The van der Waals surface area contributed by atoms with Crippen LogP contribution < -0.4 is 11.5 Å². The van der Waals surface area contributed by atoms with Crippen LogP contribution in [0.25, 0.3) is 0 Å². The van der Waals surface area contributed by atoms with Gasteiger partial charge in [-0.3, -0.25) is 0 Å². The van der Waals surface area contributed by atoms with Crippen LogP contribution in [-0.2, 0) is 0 Å². The topological polar surface area (TPSA) is 99.7 Å². The Hall–Kier alpha value is 0.159. The summed E-state index contributed by atoms with van der Waals surface area (Å²) in [4.78, 5) is 0. The molecule has 9 heavy (non-hydrogen) atoms. The van der Waals surface area contributed by atoms with Gasteiger partial charge < -0.3 is 0 Å². The molecule has 0 fully saturated rings. The number of rotatable bonds is 2. The molecule has 0 aliphatic heterocycles. The third kappa shape index (κ3) is 8.16. The van der Waals surface area contributed by atoms with Gasteiger partial charge in [0.05, 0.1) is 0 Å². The predicted molar refractivity (Wildman–Crippen MR) is 44.8 cm³/mol. The van der Waals surface area contributed by atoms with E-state index in [-0.39, 0.29) is 23.1 Å². The van der Waals surface area contributed by atoms with Gasteiger partial charge in [0, 0.05) is 0 Å². The second-order valence-corrected chi connectivity index (χ2v) is 7.39. The Morgan fingerprint density at radius 1 is 1.11 bits per heavy atom. The summed E-state index contributed by atoms with van der Waals surface area (Å²) in [5, 5.41) is 13.7. The minimum atomic E-state index is 0.0532. The van der Waals surface area contributed by atoms with Crippen LogP contribution in [0.5, 0.6) is 0 Å². The molecule has 0 atom stereocenters. The molecule has 0 saturated carbocycles. The van der Waals surface area contributed by atoms with Gasteiger partial charge in [-0.1, -0.05) is 0 Å². The normalized spacial score (nSPS) is 8.89. The van der Waals surface area contributed by atoms with Gasteiger partial charge in [-0.25, -0.2) is 0 Å². The van der Waals surface area contributed by atoms with E-state index in [0.717, 1.165) is 0 Å². The summed E-state index contributed by atoms with van der Waals surface area (Å²) >= 11 is 0.0532. The van der Waals surface area contributed by atoms with E-state index in [2.05, 4.69) is 0 Å². The second-order valence-electron chi connectivity index (χ2n) is 0.963. The molecule has 0 aromatic heterocycles. The van der Waals surface area contributed by atoms with E-state index >= 15 is 0 Å². The molecule has 0 aromatic carbocycles. The number of hydrogen-bond acceptors (Lipinski definition) is 4. The molecule has 0 unspecified atom stereocenters. The standard InChI is InChI=1S/C2H6N4S2Se/c3-1(4)7-9-8-2(5)6/h(H3,3,4)(H3,5,6). The van der Waals surface area contributed by atoms with E-state index in [1.54, 1.807) is 0 Å². The molecular weight excluding hydrogens is 223 g/mol. The molecule has 0 spiro atoms. The van der Waals surface area contributed by atoms with Gasteiger partial charge in [0.1, 0.15) is 0 Å². The molecule has 52 valence electrons. The van der Waals surface area contributed by atoms with Crippen molar-refractivity contribution in [3.05, 3.63) is 0 Å². The SMILES string of the molecule is N=C(N)S[Se]SC(=N)N. The third-order valence-corrected chi connectivity index (χ3v) is 5.98. The van der Waals surface area contributed by atoms with E-state index in [4.69, 9.17) is 22.3 Å². The summed E-state index contributed by atoms with van der Waals surface area (Å²) in [6.07, 6.45) is 0. The van der Waals surface area contributed by atoms with Gasteiger partial charge in [-0.05, 0) is 0 Å². The average Bonchev–Trinajstić information content (AvgIpc) is 1.63. The molecule has 6 N–H and O–H groups in total. The van der Waals surface area contributed by atoms with Gasteiger partial charge in [0.25, 0.3) is 0 Å². The number of amidine groups is 2. The Kier molecular flexibility index (Phi) is 5.07. The van der Waals surface area contributed by atoms with Crippen LogP contribution in [0.1, 0.15) is 0 Å². The molecule has 7 heteroatoms. The van der Waals surface area contributed by atoms with Crippen molar-refractivity contribution in [3.63, 3.8) is 0 Å². The first-order chi connectivity index (χ1) is 4.13. The molecule has 0 amide bonds. The van der Waals surface area contributed by atoms with Crippen LogP contribution in [0.15, 0.2) is 0 Å². The van der Waals surface area contributed by atoms with Crippen molar-refractivity contribution in [2.75, 3.05) is 0 Å². The molecule has 0 heterocycles. The summed E-state index contributed by atoms with van der Waals surface area (Å²) < 4.78 is 0. The van der Waals surface area contributed by atoms with Gasteiger partial charge >= 0.3 is 65.7 Å². The summed E-state index contributed by atoms with van der Waals surface area (Å²) in [5.41, 5.74) is 10.0. The van der Waals surface area contributed by atoms with Crippen molar-refractivity contribution in [1.82, 2.24) is 0 Å². The van der Waals surface area contributed by atoms with Gasteiger partial charge in [-0.15, -0.1) is 0 Å². The Bertz CT molecular complexity index is 112. The first-order valence-electron chi connectivity index (χ1n) is 1.82. The summed E-state index contributed by atoms with van der Waals surface area (Å²) in [6, 6.07) is 0. The maximum atomic E-state index is 6.77. The van der Waals surface area contributed by atoms with Crippen molar-refractivity contribution in [1.29, 1.82) is 10.8 Å². The average molecular weight is 229 g/mol. The van der Waals surface area contributed by atoms with Crippen LogP contribution >= 0.6 is 20.4 Å². The molecule has 0 rings (SSSR count). The maximum absolute atomic E-state index is 6.77. The second kappa shape index (κ2) is 4.99. The van der Waals surface area contributed by atoms with Gasteiger partial charge in [-0.2, -0.15) is 0 Å². The Morgan fingerprint density at radius 3 is 1.67 bits per heavy atom. The summed E-state index contributed by atoms with van der Waals surface area (Å²) in [5.74, 6) is 0. The van der Waals surface area contributed by atoms with E-state index in [9.17, 15) is 0 Å². The van der Waals surface area contributed by atoms with Crippen molar-refractivity contribution in [2.24, 2.45) is 11.5 Å². The monoisotopic (exact) mass is 230 g/mol. The summed E-state index contributed by atoms with van der Waals surface area (Å²) in [7, 11) is 2.45. The van der Waals surface area contributed by atoms with Crippen LogP contribution in [0.4, 0.5) is 0 Å². The third-order valence-electron chi connectivity index (χ3n) is 0.248. The van der Waals surface area contributed by atoms with Crippen molar-refractivity contribution in [2.45, 2.75) is 0 Å². The van der Waals surface area contributed by atoms with Gasteiger partial charge in [0.15, 0.2) is 0 Å². The predicted octanol–water partition coefficient (Wildman–Crippen LogP) is -0.226. The fraction of sp³-hybridized carbons (Fsp3) is 0. The minimum absolute atomic E-state index is 0.0532. The van der Waals surface area contributed by atoms with Crippen LogP contribution in [-0.4, -0.2) is 23.1 Å². The Balaban J connectivity index is 3.10. The van der Waals surface area contributed by atoms with Crippen LogP contribution in [0.2, 0.25) is 0 Å². The van der Waals surface area contributed by atoms with Crippen LogP contribution in [0.3, 0.4) is 0 Å². The van der Waals surface area contributed by atoms with E-state index < -0.39 is 0 Å². The molecule has 0 saturated heterocycles. The Labute approximate surface area is 65.8 Å². The van der Waals surface area contributed by atoms with Crippen molar-refractivity contribution < 1.29 is 0 Å². The molecule has 0 aliphatic rings. The zero-order chi connectivity index (χ0) is 7.28.